The van der Waals surface area contributed by atoms with Crippen molar-refractivity contribution in [3.05, 3.63) is 84.2 Å². The van der Waals surface area contributed by atoms with Gasteiger partial charge in [0.25, 0.3) is 0 Å². The van der Waals surface area contributed by atoms with Gasteiger partial charge in [0.15, 0.2) is 0 Å². The van der Waals surface area contributed by atoms with E-state index in [0.29, 0.717) is 38.2 Å². The molecule has 0 amide bonds. The summed E-state index contributed by atoms with van der Waals surface area (Å²) in [6, 6.07) is 16.6. The van der Waals surface area contributed by atoms with Crippen LogP contribution in [0.5, 0.6) is 0 Å². The molecule has 2 aromatic rings. The Bertz CT molecular complexity index is 813. The molecule has 29 heavy (non-hydrogen) atoms. The Morgan fingerprint density at radius 3 is 2.76 bits per heavy atom. The van der Waals surface area contributed by atoms with Crippen LogP contribution in [-0.2, 0) is 16.1 Å². The van der Waals surface area contributed by atoms with Gasteiger partial charge in [-0.1, -0.05) is 59.8 Å². The molecule has 0 bridgehead atoms. The normalized spacial score (nSPS) is 17.1. The van der Waals surface area contributed by atoms with Crippen LogP contribution in [-0.4, -0.2) is 54.2 Å². The van der Waals surface area contributed by atoms with Crippen LogP contribution in [0.1, 0.15) is 17.5 Å². The van der Waals surface area contributed by atoms with Crippen LogP contribution in [0.25, 0.3) is 0 Å². The zero-order valence-electron chi connectivity index (χ0n) is 16.4. The molecule has 1 aliphatic rings. The van der Waals surface area contributed by atoms with Crippen LogP contribution in [0.2, 0.25) is 0 Å². The largest absolute Gasteiger partial charge is 0.390 e. The van der Waals surface area contributed by atoms with Crippen molar-refractivity contribution in [2.75, 3.05) is 26.3 Å². The van der Waals surface area contributed by atoms with Crippen molar-refractivity contribution in [2.24, 2.45) is 5.16 Å². The Balaban J connectivity index is 1.62. The third-order valence-electron chi connectivity index (χ3n) is 4.67. The molecule has 2 atom stereocenters. The molecule has 2 aromatic carbocycles. The molecule has 3 rings (SSSR count). The van der Waals surface area contributed by atoms with Gasteiger partial charge in [0.1, 0.15) is 11.9 Å². The van der Waals surface area contributed by atoms with E-state index >= 15 is 0 Å². The lowest BCUT2D eigenvalue weighted by atomic mass is 10.0. The van der Waals surface area contributed by atoms with E-state index in [0.717, 1.165) is 11.3 Å². The van der Waals surface area contributed by atoms with Crippen molar-refractivity contribution in [2.45, 2.75) is 25.2 Å². The van der Waals surface area contributed by atoms with Gasteiger partial charge in [-0.25, -0.2) is 4.39 Å². The molecule has 154 valence electrons. The predicted octanol–water partition coefficient (Wildman–Crippen LogP) is 3.38. The van der Waals surface area contributed by atoms with E-state index in [9.17, 15) is 9.50 Å². The van der Waals surface area contributed by atoms with Crippen LogP contribution in [0.3, 0.4) is 0 Å². The summed E-state index contributed by atoms with van der Waals surface area (Å²) in [6.07, 6.45) is 1.45. The average molecular weight is 398 g/mol. The second kappa shape index (κ2) is 10.9. The van der Waals surface area contributed by atoms with Crippen molar-refractivity contribution in [1.29, 1.82) is 0 Å². The fourth-order valence-corrected chi connectivity index (χ4v) is 3.32. The highest BCUT2D eigenvalue weighted by atomic mass is 19.1. The second-order valence-corrected chi connectivity index (χ2v) is 7.10. The zero-order chi connectivity index (χ0) is 20.5. The lowest BCUT2D eigenvalue weighted by Gasteiger charge is -2.27. The van der Waals surface area contributed by atoms with E-state index in [1.54, 1.807) is 18.2 Å². The fourth-order valence-electron chi connectivity index (χ4n) is 3.32. The van der Waals surface area contributed by atoms with Crippen LogP contribution >= 0.6 is 0 Å². The number of nitrogens with zero attached hydrogens (tertiary/aromatic N) is 2. The molecule has 1 N–H and O–H groups in total. The summed E-state index contributed by atoms with van der Waals surface area (Å²) in [5.41, 5.74) is 2.51. The highest BCUT2D eigenvalue weighted by Crippen LogP contribution is 2.19. The number of halogens is 1. The second-order valence-electron chi connectivity index (χ2n) is 7.10. The van der Waals surface area contributed by atoms with Crippen LogP contribution in [0.4, 0.5) is 4.39 Å². The third-order valence-corrected chi connectivity index (χ3v) is 4.67. The van der Waals surface area contributed by atoms with E-state index in [-0.39, 0.29) is 18.5 Å². The van der Waals surface area contributed by atoms with E-state index in [1.807, 2.05) is 41.3 Å². The maximum Gasteiger partial charge on any atom is 0.145 e. The van der Waals surface area contributed by atoms with E-state index in [2.05, 4.69) is 11.7 Å². The van der Waals surface area contributed by atoms with Crippen LogP contribution in [0.15, 0.2) is 72.4 Å². The first kappa shape index (κ1) is 21.2. The Hall–Kier alpha value is -2.54. The van der Waals surface area contributed by atoms with E-state index in [4.69, 9.17) is 9.57 Å². The number of rotatable bonds is 11. The van der Waals surface area contributed by atoms with Crippen molar-refractivity contribution in [3.8, 4) is 0 Å². The summed E-state index contributed by atoms with van der Waals surface area (Å²) in [7, 11) is 0. The zero-order valence-corrected chi connectivity index (χ0v) is 16.4. The number of hydrogen-bond donors (Lipinski definition) is 1. The maximum absolute atomic E-state index is 14.2. The molecular weight excluding hydrogens is 371 g/mol. The Morgan fingerprint density at radius 2 is 2.00 bits per heavy atom. The van der Waals surface area contributed by atoms with Gasteiger partial charge in [-0.3, -0.25) is 4.90 Å². The number of hydrogen-bond acceptors (Lipinski definition) is 5. The standard InChI is InChI=1S/C23H27FN2O3/c1-2-12-28-17-20(27)15-26(14-19-10-6-7-11-22(19)24)16-21-13-23(25-29-21)18-8-4-3-5-9-18/h2-11,20-21,27H,1,12-17H2/t20-,21+/m1/s1. The van der Waals surface area contributed by atoms with Gasteiger partial charge >= 0.3 is 0 Å². The van der Waals surface area contributed by atoms with Crippen molar-refractivity contribution in [1.82, 2.24) is 4.90 Å². The summed E-state index contributed by atoms with van der Waals surface area (Å²) in [6.45, 7) is 5.39. The predicted molar refractivity (Wildman–Crippen MR) is 111 cm³/mol. The smallest absolute Gasteiger partial charge is 0.145 e. The van der Waals surface area contributed by atoms with Gasteiger partial charge in [-0.05, 0) is 11.6 Å². The molecule has 0 radical (unpaired) electrons. The molecule has 0 fully saturated rings. The van der Waals surface area contributed by atoms with Gasteiger partial charge in [0, 0.05) is 31.6 Å². The first-order chi connectivity index (χ1) is 14.2. The number of ether oxygens (including phenoxy) is 1. The van der Waals surface area contributed by atoms with E-state index < -0.39 is 6.10 Å². The van der Waals surface area contributed by atoms with Gasteiger partial charge in [0.2, 0.25) is 0 Å². The number of aliphatic hydroxyl groups is 1. The maximum atomic E-state index is 14.2. The minimum Gasteiger partial charge on any atom is -0.390 e. The third kappa shape index (κ3) is 6.49. The molecule has 1 aliphatic heterocycles. The summed E-state index contributed by atoms with van der Waals surface area (Å²) in [4.78, 5) is 7.61. The highest BCUT2D eigenvalue weighted by Gasteiger charge is 2.26. The van der Waals surface area contributed by atoms with Gasteiger partial charge in [-0.15, -0.1) is 6.58 Å². The van der Waals surface area contributed by atoms with Gasteiger partial charge in [-0.2, -0.15) is 0 Å². The molecule has 0 saturated carbocycles. The minimum absolute atomic E-state index is 0.154. The Kier molecular flexibility index (Phi) is 7.93. The lowest BCUT2D eigenvalue weighted by molar-refractivity contribution is 0.00310. The van der Waals surface area contributed by atoms with Crippen molar-refractivity contribution in [3.63, 3.8) is 0 Å². The summed E-state index contributed by atoms with van der Waals surface area (Å²) >= 11 is 0. The van der Waals surface area contributed by atoms with E-state index in [1.165, 1.54) is 6.07 Å². The fraction of sp³-hybridized carbons (Fsp3) is 0.348. The van der Waals surface area contributed by atoms with Crippen molar-refractivity contribution < 1.29 is 19.1 Å². The quantitative estimate of drug-likeness (QED) is 0.466. The Morgan fingerprint density at radius 1 is 1.24 bits per heavy atom. The van der Waals surface area contributed by atoms with Gasteiger partial charge in [0.05, 0.1) is 25.0 Å². The topological polar surface area (TPSA) is 54.3 Å². The molecule has 5 nitrogen and oxygen atoms in total. The highest BCUT2D eigenvalue weighted by molar-refractivity contribution is 6.01. The first-order valence-corrected chi connectivity index (χ1v) is 9.76. The molecular formula is C23H27FN2O3. The van der Waals surface area contributed by atoms with Gasteiger partial charge < -0.3 is 14.7 Å². The van der Waals surface area contributed by atoms with Crippen LogP contribution in [0, 0.1) is 5.82 Å². The molecule has 0 saturated heterocycles. The Labute approximate surface area is 171 Å². The molecule has 1 heterocycles. The summed E-state index contributed by atoms with van der Waals surface area (Å²) in [5, 5.41) is 14.6. The SMILES string of the molecule is C=CCOC[C@H](O)CN(Cc1ccccc1F)C[C@@H]1CC(c2ccccc2)=NO1. The number of oxime groups is 1. The minimum atomic E-state index is -0.697. The molecule has 6 heteroatoms. The molecule has 0 unspecified atom stereocenters. The molecule has 0 aliphatic carbocycles. The lowest BCUT2D eigenvalue weighted by Crippen LogP contribution is -2.39. The first-order valence-electron chi connectivity index (χ1n) is 9.76. The van der Waals surface area contributed by atoms with Crippen LogP contribution < -0.4 is 0 Å². The average Bonchev–Trinajstić information content (AvgIpc) is 3.19. The molecule has 0 aromatic heterocycles. The summed E-state index contributed by atoms with van der Waals surface area (Å²) < 4.78 is 19.5. The number of aliphatic hydroxyl groups excluding tert-OH is 1. The molecule has 0 spiro atoms. The van der Waals surface area contributed by atoms with Crippen molar-refractivity contribution >= 4 is 5.71 Å². The summed E-state index contributed by atoms with van der Waals surface area (Å²) in [5.74, 6) is -0.261. The number of benzene rings is 2. The monoisotopic (exact) mass is 398 g/mol.